The summed E-state index contributed by atoms with van der Waals surface area (Å²) in [6.45, 7) is 4.02. The van der Waals surface area contributed by atoms with Gasteiger partial charge in [-0.05, 0) is 30.9 Å². The van der Waals surface area contributed by atoms with Crippen LogP contribution < -0.4 is 5.73 Å². The van der Waals surface area contributed by atoms with Gasteiger partial charge in [-0.2, -0.15) is 0 Å². The molecule has 1 aliphatic carbocycles. The molecular weight excluding hydrogens is 338 g/mol. The van der Waals surface area contributed by atoms with Crippen molar-refractivity contribution in [1.82, 2.24) is 9.88 Å². The Bertz CT molecular complexity index is 641. The van der Waals surface area contributed by atoms with Gasteiger partial charge in [-0.25, -0.2) is 4.98 Å². The number of nitrogens with zero attached hydrogens (tertiary/aromatic N) is 2. The topological polar surface area (TPSA) is 42.1 Å². The molecule has 2 aliphatic rings. The van der Waals surface area contributed by atoms with Crippen molar-refractivity contribution in [3.05, 3.63) is 52.0 Å². The van der Waals surface area contributed by atoms with E-state index in [0.29, 0.717) is 11.8 Å². The molecule has 3 nitrogen and oxygen atoms in total. The first-order valence-corrected chi connectivity index (χ1v) is 9.57. The predicted octanol–water partition coefficient (Wildman–Crippen LogP) is 4.01. The minimum absolute atomic E-state index is 0. The van der Waals surface area contributed by atoms with Gasteiger partial charge in [0.05, 0.1) is 5.01 Å². The lowest BCUT2D eigenvalue weighted by molar-refractivity contribution is 0.319. The molecule has 2 N–H and O–H groups in total. The molecule has 4 rings (SSSR count). The van der Waals surface area contributed by atoms with Gasteiger partial charge in [0.1, 0.15) is 0 Å². The Morgan fingerprint density at radius 3 is 2.62 bits per heavy atom. The van der Waals surface area contributed by atoms with Gasteiger partial charge >= 0.3 is 0 Å². The Morgan fingerprint density at radius 2 is 1.96 bits per heavy atom. The van der Waals surface area contributed by atoms with E-state index < -0.39 is 0 Å². The molecular formula is C19H26ClN3S. The van der Waals surface area contributed by atoms with E-state index >= 15 is 0 Å². The summed E-state index contributed by atoms with van der Waals surface area (Å²) >= 11 is 1.93. The molecule has 130 valence electrons. The number of nitrogens with two attached hydrogens (primary N) is 1. The molecule has 2 fully saturated rings. The Labute approximate surface area is 154 Å². The smallest absolute Gasteiger partial charge is 0.0959 e. The zero-order chi connectivity index (χ0) is 15.6. The Hall–Kier alpha value is -0.940. The van der Waals surface area contributed by atoms with Crippen LogP contribution in [0.5, 0.6) is 0 Å². The third kappa shape index (κ3) is 3.67. The Balaban J connectivity index is 0.00000169. The largest absolute Gasteiger partial charge is 0.330 e. The average molecular weight is 364 g/mol. The van der Waals surface area contributed by atoms with Gasteiger partial charge in [-0.1, -0.05) is 36.8 Å². The number of benzene rings is 1. The summed E-state index contributed by atoms with van der Waals surface area (Å²) in [4.78, 5) is 8.64. The summed E-state index contributed by atoms with van der Waals surface area (Å²) in [6.07, 6.45) is 6.15. The van der Waals surface area contributed by atoms with Crippen molar-refractivity contribution >= 4 is 23.7 Å². The number of hydrogen-bond acceptors (Lipinski definition) is 4. The first-order valence-electron chi connectivity index (χ1n) is 8.75. The quantitative estimate of drug-likeness (QED) is 0.872. The maximum Gasteiger partial charge on any atom is 0.0959 e. The fourth-order valence-electron chi connectivity index (χ4n) is 3.87. The molecule has 0 spiro atoms. The first kappa shape index (κ1) is 17.9. The summed E-state index contributed by atoms with van der Waals surface area (Å²) in [6, 6.07) is 10.9. The second-order valence-corrected chi connectivity index (χ2v) is 8.15. The number of halogens is 1. The molecule has 2 aromatic rings. The molecule has 0 radical (unpaired) electrons. The van der Waals surface area contributed by atoms with Crippen LogP contribution in [0.3, 0.4) is 0 Å². The van der Waals surface area contributed by atoms with Gasteiger partial charge in [0.15, 0.2) is 0 Å². The monoisotopic (exact) mass is 363 g/mol. The first-order chi connectivity index (χ1) is 11.3. The lowest BCUT2D eigenvalue weighted by Crippen LogP contribution is -2.22. The highest BCUT2D eigenvalue weighted by atomic mass is 35.5. The van der Waals surface area contributed by atoms with E-state index in [1.54, 1.807) is 0 Å². The molecule has 24 heavy (non-hydrogen) atoms. The van der Waals surface area contributed by atoms with Crippen molar-refractivity contribution in [1.29, 1.82) is 0 Å². The van der Waals surface area contributed by atoms with Gasteiger partial charge in [-0.15, -0.1) is 23.7 Å². The summed E-state index contributed by atoms with van der Waals surface area (Å²) in [5.41, 5.74) is 7.49. The van der Waals surface area contributed by atoms with E-state index in [9.17, 15) is 0 Å². The molecule has 1 aromatic heterocycles. The van der Waals surface area contributed by atoms with E-state index in [4.69, 9.17) is 5.73 Å². The molecule has 1 saturated heterocycles. The third-order valence-electron chi connectivity index (χ3n) is 5.45. The van der Waals surface area contributed by atoms with E-state index in [1.807, 2.05) is 11.3 Å². The second-order valence-electron chi connectivity index (χ2n) is 7.00. The minimum atomic E-state index is 0. The van der Waals surface area contributed by atoms with Crippen LogP contribution >= 0.6 is 23.7 Å². The number of likely N-dealkylation sites (tertiary alicyclic amines) is 1. The van der Waals surface area contributed by atoms with E-state index in [2.05, 4.69) is 46.4 Å². The average Bonchev–Trinajstić information content (AvgIpc) is 3.14. The third-order valence-corrected chi connectivity index (χ3v) is 6.60. The zero-order valence-corrected chi connectivity index (χ0v) is 15.6. The Kier molecular flexibility index (Phi) is 5.93. The molecule has 1 aliphatic heterocycles. The summed E-state index contributed by atoms with van der Waals surface area (Å²) in [5, 5.41) is 1.36. The normalized spacial score (nSPS) is 24.5. The van der Waals surface area contributed by atoms with E-state index in [0.717, 1.165) is 32.1 Å². The van der Waals surface area contributed by atoms with Crippen molar-refractivity contribution in [3.63, 3.8) is 0 Å². The summed E-state index contributed by atoms with van der Waals surface area (Å²) in [5.74, 6) is 1.89. The van der Waals surface area contributed by atoms with Crippen LogP contribution in [0, 0.1) is 5.92 Å². The van der Waals surface area contributed by atoms with Crippen LogP contribution in [0.2, 0.25) is 0 Å². The molecule has 0 amide bonds. The zero-order valence-electron chi connectivity index (χ0n) is 13.9. The van der Waals surface area contributed by atoms with Gasteiger partial charge in [-0.3, -0.25) is 4.90 Å². The molecule has 0 unspecified atom stereocenters. The second kappa shape index (κ2) is 7.96. The molecule has 2 atom stereocenters. The summed E-state index contributed by atoms with van der Waals surface area (Å²) in [7, 11) is 0. The van der Waals surface area contributed by atoms with Gasteiger partial charge < -0.3 is 5.73 Å². The van der Waals surface area contributed by atoms with Crippen molar-refractivity contribution in [2.24, 2.45) is 11.7 Å². The molecule has 2 heterocycles. The van der Waals surface area contributed by atoms with Crippen LogP contribution in [0.1, 0.15) is 46.5 Å². The maximum absolute atomic E-state index is 6.05. The fourth-order valence-corrected chi connectivity index (χ4v) is 5.00. The van der Waals surface area contributed by atoms with E-state index in [-0.39, 0.29) is 12.4 Å². The fraction of sp³-hybridized carbons (Fsp3) is 0.526. The molecule has 5 heteroatoms. The van der Waals surface area contributed by atoms with Gasteiger partial charge in [0, 0.05) is 42.5 Å². The van der Waals surface area contributed by atoms with Gasteiger partial charge in [0.25, 0.3) is 0 Å². The highest BCUT2D eigenvalue weighted by Gasteiger charge is 2.33. The maximum atomic E-state index is 6.05. The van der Waals surface area contributed by atoms with E-state index in [1.165, 1.54) is 34.7 Å². The molecule has 0 bridgehead atoms. The number of rotatable bonds is 5. The lowest BCUT2D eigenvalue weighted by atomic mass is 9.86. The lowest BCUT2D eigenvalue weighted by Gasteiger charge is -2.22. The number of thiazole rings is 1. The van der Waals surface area contributed by atoms with Crippen LogP contribution in [-0.4, -0.2) is 29.5 Å². The molecule has 1 aromatic carbocycles. The molecule has 1 saturated carbocycles. The van der Waals surface area contributed by atoms with Crippen LogP contribution in [-0.2, 0) is 6.54 Å². The summed E-state index contributed by atoms with van der Waals surface area (Å²) < 4.78 is 0. The van der Waals surface area contributed by atoms with Crippen LogP contribution in [0.15, 0.2) is 36.5 Å². The van der Waals surface area contributed by atoms with Crippen LogP contribution in [0.4, 0.5) is 0 Å². The van der Waals surface area contributed by atoms with Crippen molar-refractivity contribution in [2.45, 2.75) is 37.6 Å². The predicted molar refractivity (Wildman–Crippen MR) is 103 cm³/mol. The van der Waals surface area contributed by atoms with Crippen molar-refractivity contribution < 1.29 is 0 Å². The van der Waals surface area contributed by atoms with Crippen LogP contribution in [0.25, 0.3) is 0 Å². The number of aromatic nitrogens is 1. The number of hydrogen-bond donors (Lipinski definition) is 1. The van der Waals surface area contributed by atoms with Crippen molar-refractivity contribution in [3.8, 4) is 0 Å². The minimum Gasteiger partial charge on any atom is -0.330 e. The highest BCUT2D eigenvalue weighted by molar-refractivity contribution is 7.11. The van der Waals surface area contributed by atoms with Crippen molar-refractivity contribution in [2.75, 3.05) is 19.6 Å². The van der Waals surface area contributed by atoms with Gasteiger partial charge in [0.2, 0.25) is 0 Å². The SMILES string of the molecule is Cl.NC[C@@H]1CN(Cc2cnc(C3CCC3)s2)C[C@H]1c1ccccc1. The Morgan fingerprint density at radius 1 is 1.17 bits per heavy atom. The standard InChI is InChI=1S/C19H25N3S.ClH/c20-9-16-11-22(13-18(16)14-5-2-1-3-6-14)12-17-10-21-19(23-17)15-7-4-8-15;/h1-3,5-6,10,15-16,18H,4,7-9,11-13,20H2;1H/t16-,18+;/m1./s1. The highest BCUT2D eigenvalue weighted by Crippen LogP contribution is 2.39.